The van der Waals surface area contributed by atoms with E-state index in [9.17, 15) is 9.59 Å². The van der Waals surface area contributed by atoms with Gasteiger partial charge in [0, 0.05) is 12.0 Å². The molecule has 18 heavy (non-hydrogen) atoms. The van der Waals surface area contributed by atoms with E-state index in [-0.39, 0.29) is 17.9 Å². The highest BCUT2D eigenvalue weighted by Crippen LogP contribution is 2.26. The molecule has 0 fully saturated rings. The minimum atomic E-state index is -0.921. The highest BCUT2D eigenvalue weighted by Gasteiger charge is 2.21. The molecule has 0 saturated heterocycles. The third-order valence-electron chi connectivity index (χ3n) is 2.36. The maximum atomic E-state index is 11.8. The standard InChI is InChI=1S/C12H18N2O3S/c1-7(10(16)17)5-13-9(15)8-6-14-11(18-8)12(2,3)4/h6-7H,5H2,1-4H3,(H,13,15)(H,16,17)/t7-/m1/s1. The van der Waals surface area contributed by atoms with Gasteiger partial charge in [0.1, 0.15) is 4.88 Å². The van der Waals surface area contributed by atoms with Crippen molar-refractivity contribution in [3.8, 4) is 0 Å². The lowest BCUT2D eigenvalue weighted by Gasteiger charge is -2.13. The SMILES string of the molecule is C[C@H](CNC(=O)c1cnc(C(C)(C)C)s1)C(=O)O. The average Bonchev–Trinajstić information content (AvgIpc) is 2.73. The van der Waals surface area contributed by atoms with Crippen LogP contribution in [-0.2, 0) is 10.2 Å². The number of aliphatic carboxylic acids is 1. The fourth-order valence-electron chi connectivity index (χ4n) is 1.15. The van der Waals surface area contributed by atoms with E-state index in [1.807, 2.05) is 20.8 Å². The number of amides is 1. The summed E-state index contributed by atoms with van der Waals surface area (Å²) in [6.07, 6.45) is 1.53. The van der Waals surface area contributed by atoms with E-state index in [0.717, 1.165) is 5.01 Å². The molecule has 0 bridgehead atoms. The summed E-state index contributed by atoms with van der Waals surface area (Å²) in [6, 6.07) is 0. The number of carbonyl (C=O) groups is 2. The Morgan fingerprint density at radius 1 is 1.50 bits per heavy atom. The molecule has 0 aliphatic rings. The lowest BCUT2D eigenvalue weighted by molar-refractivity contribution is -0.140. The molecule has 1 heterocycles. The molecule has 0 aromatic carbocycles. The number of nitrogens with one attached hydrogen (secondary N) is 1. The summed E-state index contributed by atoms with van der Waals surface area (Å²) in [5, 5.41) is 12.2. The van der Waals surface area contributed by atoms with Gasteiger partial charge in [-0.25, -0.2) is 4.98 Å². The average molecular weight is 270 g/mol. The molecule has 100 valence electrons. The van der Waals surface area contributed by atoms with Crippen molar-refractivity contribution in [1.82, 2.24) is 10.3 Å². The van der Waals surface area contributed by atoms with Crippen molar-refractivity contribution < 1.29 is 14.7 Å². The molecule has 0 unspecified atom stereocenters. The molecule has 1 aromatic heterocycles. The summed E-state index contributed by atoms with van der Waals surface area (Å²) in [4.78, 5) is 27.1. The van der Waals surface area contributed by atoms with Gasteiger partial charge in [-0.05, 0) is 0 Å². The first-order chi connectivity index (χ1) is 8.21. The van der Waals surface area contributed by atoms with Crippen LogP contribution in [0.4, 0.5) is 0 Å². The van der Waals surface area contributed by atoms with Crippen molar-refractivity contribution in [2.75, 3.05) is 6.54 Å². The van der Waals surface area contributed by atoms with Crippen LogP contribution in [0.2, 0.25) is 0 Å². The van der Waals surface area contributed by atoms with Crippen molar-refractivity contribution in [1.29, 1.82) is 0 Å². The maximum absolute atomic E-state index is 11.8. The van der Waals surface area contributed by atoms with Gasteiger partial charge in [-0.3, -0.25) is 9.59 Å². The van der Waals surface area contributed by atoms with E-state index in [2.05, 4.69) is 10.3 Å². The van der Waals surface area contributed by atoms with Gasteiger partial charge in [0.25, 0.3) is 5.91 Å². The molecular formula is C12H18N2O3S. The van der Waals surface area contributed by atoms with Gasteiger partial charge in [0.2, 0.25) is 0 Å². The van der Waals surface area contributed by atoms with Crippen LogP contribution in [0.1, 0.15) is 42.4 Å². The summed E-state index contributed by atoms with van der Waals surface area (Å²) >= 11 is 1.34. The Balaban J connectivity index is 2.63. The monoisotopic (exact) mass is 270 g/mol. The second kappa shape index (κ2) is 5.48. The Morgan fingerprint density at radius 2 is 2.11 bits per heavy atom. The second-order valence-electron chi connectivity index (χ2n) is 5.23. The van der Waals surface area contributed by atoms with E-state index >= 15 is 0 Å². The molecule has 0 radical (unpaired) electrons. The molecule has 2 N–H and O–H groups in total. The number of hydrogen-bond donors (Lipinski definition) is 2. The highest BCUT2D eigenvalue weighted by molar-refractivity contribution is 7.13. The van der Waals surface area contributed by atoms with Gasteiger partial charge in [-0.1, -0.05) is 27.7 Å². The van der Waals surface area contributed by atoms with Crippen LogP contribution in [0, 0.1) is 5.92 Å². The number of thiazole rings is 1. The predicted octanol–water partition coefficient (Wildman–Crippen LogP) is 1.89. The van der Waals surface area contributed by atoms with Gasteiger partial charge in [0.05, 0.1) is 17.1 Å². The number of aromatic nitrogens is 1. The number of nitrogens with zero attached hydrogens (tertiary/aromatic N) is 1. The van der Waals surface area contributed by atoms with Crippen molar-refractivity contribution in [3.63, 3.8) is 0 Å². The Morgan fingerprint density at radius 3 is 2.56 bits per heavy atom. The van der Waals surface area contributed by atoms with Crippen LogP contribution in [0.25, 0.3) is 0 Å². The number of carboxylic acid groups (broad SMARTS) is 1. The Labute approximate surface area is 110 Å². The second-order valence-corrected chi connectivity index (χ2v) is 6.26. The quantitative estimate of drug-likeness (QED) is 0.875. The van der Waals surface area contributed by atoms with Crippen LogP contribution < -0.4 is 5.32 Å². The largest absolute Gasteiger partial charge is 0.481 e. The van der Waals surface area contributed by atoms with E-state index in [1.165, 1.54) is 17.5 Å². The summed E-state index contributed by atoms with van der Waals surface area (Å²) in [7, 11) is 0. The zero-order valence-electron chi connectivity index (χ0n) is 11.0. The molecule has 1 aromatic rings. The van der Waals surface area contributed by atoms with E-state index < -0.39 is 11.9 Å². The van der Waals surface area contributed by atoms with Gasteiger partial charge in [-0.15, -0.1) is 11.3 Å². The first-order valence-electron chi connectivity index (χ1n) is 5.69. The molecule has 0 saturated carbocycles. The highest BCUT2D eigenvalue weighted by atomic mass is 32.1. The molecular weight excluding hydrogens is 252 g/mol. The third-order valence-corrected chi connectivity index (χ3v) is 3.78. The van der Waals surface area contributed by atoms with Gasteiger partial charge in [0.15, 0.2) is 0 Å². The first-order valence-corrected chi connectivity index (χ1v) is 6.50. The molecule has 1 rings (SSSR count). The Kier molecular flexibility index (Phi) is 4.45. The topological polar surface area (TPSA) is 79.3 Å². The van der Waals surface area contributed by atoms with E-state index in [1.54, 1.807) is 6.92 Å². The molecule has 0 spiro atoms. The maximum Gasteiger partial charge on any atom is 0.308 e. The predicted molar refractivity (Wildman–Crippen MR) is 69.9 cm³/mol. The summed E-state index contributed by atoms with van der Waals surface area (Å²) < 4.78 is 0. The number of carboxylic acids is 1. The Hall–Kier alpha value is -1.43. The van der Waals surface area contributed by atoms with Crippen molar-refractivity contribution in [2.24, 2.45) is 5.92 Å². The fraction of sp³-hybridized carbons (Fsp3) is 0.583. The third kappa shape index (κ3) is 3.80. The van der Waals surface area contributed by atoms with E-state index in [0.29, 0.717) is 4.88 Å². The van der Waals surface area contributed by atoms with Crippen LogP contribution >= 0.6 is 11.3 Å². The van der Waals surface area contributed by atoms with Crippen molar-refractivity contribution in [3.05, 3.63) is 16.1 Å². The van der Waals surface area contributed by atoms with Crippen LogP contribution in [-0.4, -0.2) is 28.5 Å². The number of rotatable bonds is 4. The zero-order chi connectivity index (χ0) is 13.9. The minimum Gasteiger partial charge on any atom is -0.481 e. The van der Waals surface area contributed by atoms with Gasteiger partial charge >= 0.3 is 5.97 Å². The van der Waals surface area contributed by atoms with Crippen LogP contribution in [0.3, 0.4) is 0 Å². The van der Waals surface area contributed by atoms with Crippen molar-refractivity contribution >= 4 is 23.2 Å². The Bertz CT molecular complexity index is 448. The van der Waals surface area contributed by atoms with Gasteiger partial charge in [-0.2, -0.15) is 0 Å². The number of carbonyl (C=O) groups excluding carboxylic acids is 1. The van der Waals surface area contributed by atoms with Crippen LogP contribution in [0.5, 0.6) is 0 Å². The molecule has 0 aliphatic carbocycles. The summed E-state index contributed by atoms with van der Waals surface area (Å²) in [6.45, 7) is 7.76. The lowest BCUT2D eigenvalue weighted by Crippen LogP contribution is -2.30. The molecule has 5 nitrogen and oxygen atoms in total. The van der Waals surface area contributed by atoms with E-state index in [4.69, 9.17) is 5.11 Å². The minimum absolute atomic E-state index is 0.0858. The molecule has 6 heteroatoms. The van der Waals surface area contributed by atoms with Crippen molar-refractivity contribution in [2.45, 2.75) is 33.1 Å². The normalized spacial score (nSPS) is 13.1. The van der Waals surface area contributed by atoms with Crippen LogP contribution in [0.15, 0.2) is 6.20 Å². The molecule has 1 atom stereocenters. The zero-order valence-corrected chi connectivity index (χ0v) is 11.8. The summed E-state index contributed by atoms with van der Waals surface area (Å²) in [5.74, 6) is -1.78. The first kappa shape index (κ1) is 14.6. The smallest absolute Gasteiger partial charge is 0.308 e. The van der Waals surface area contributed by atoms with Gasteiger partial charge < -0.3 is 10.4 Å². The fourth-order valence-corrected chi connectivity index (χ4v) is 2.04. The molecule has 1 amide bonds. The number of hydrogen-bond acceptors (Lipinski definition) is 4. The molecule has 0 aliphatic heterocycles. The lowest BCUT2D eigenvalue weighted by atomic mass is 9.98. The summed E-state index contributed by atoms with van der Waals surface area (Å²) in [5.41, 5.74) is -0.0858.